The van der Waals surface area contributed by atoms with E-state index in [1.807, 2.05) is 24.3 Å². The molecule has 2 heterocycles. The fraction of sp³-hybridized carbons (Fsp3) is 0.389. The number of carbonyl (C=O) groups is 1. The highest BCUT2D eigenvalue weighted by Crippen LogP contribution is 2.29. The number of thiophene rings is 1. The molecule has 3 rings (SSSR count). The van der Waals surface area contributed by atoms with E-state index in [-0.39, 0.29) is 11.8 Å². The molecule has 1 fully saturated rings. The molecule has 8 heteroatoms. The minimum Gasteiger partial charge on any atom is -0.325 e. The number of rotatable bonds is 6. The van der Waals surface area contributed by atoms with E-state index in [0.717, 1.165) is 16.3 Å². The predicted octanol–water partition coefficient (Wildman–Crippen LogP) is 3.90. The molecule has 0 radical (unpaired) electrons. The molecule has 1 aromatic heterocycles. The normalized spacial score (nSPS) is 16.5. The first kappa shape index (κ1) is 19.4. The molecule has 0 atom stereocenters. The Morgan fingerprint density at radius 3 is 2.62 bits per heavy atom. The van der Waals surface area contributed by atoms with E-state index in [4.69, 9.17) is 0 Å². The van der Waals surface area contributed by atoms with E-state index in [0.29, 0.717) is 30.1 Å². The van der Waals surface area contributed by atoms with E-state index < -0.39 is 10.0 Å². The molecular formula is C18H22N2O3S3. The Bertz CT molecular complexity index is 842. The third kappa shape index (κ3) is 4.31. The molecule has 0 saturated carbocycles. The molecule has 1 aromatic carbocycles. The van der Waals surface area contributed by atoms with E-state index in [1.165, 1.54) is 15.6 Å². The summed E-state index contributed by atoms with van der Waals surface area (Å²) in [5, 5.41) is 4.78. The monoisotopic (exact) mass is 410 g/mol. The Balaban J connectivity index is 1.61. The summed E-state index contributed by atoms with van der Waals surface area (Å²) in [5.41, 5.74) is 0.831. The molecule has 1 aliphatic rings. The van der Waals surface area contributed by atoms with Crippen LogP contribution in [0, 0.1) is 5.92 Å². The van der Waals surface area contributed by atoms with Crippen LogP contribution in [-0.4, -0.2) is 37.5 Å². The van der Waals surface area contributed by atoms with Crippen molar-refractivity contribution in [2.24, 2.45) is 5.92 Å². The number of sulfonamides is 1. The minimum absolute atomic E-state index is 0.0256. The maximum atomic E-state index is 12.6. The van der Waals surface area contributed by atoms with Crippen LogP contribution in [0.2, 0.25) is 0 Å². The average molecular weight is 411 g/mol. The maximum absolute atomic E-state index is 12.6. The van der Waals surface area contributed by atoms with Gasteiger partial charge < -0.3 is 5.32 Å². The SMILES string of the molecule is CCSc1ccccc1NC(=O)C1CCN(S(=O)(=O)c2cccs2)CC1. The molecule has 1 amide bonds. The molecule has 0 bridgehead atoms. The molecule has 1 aliphatic heterocycles. The van der Waals surface area contributed by atoms with Gasteiger partial charge in [-0.25, -0.2) is 8.42 Å². The van der Waals surface area contributed by atoms with Gasteiger partial charge in [-0.1, -0.05) is 25.1 Å². The number of amides is 1. The molecule has 0 aliphatic carbocycles. The van der Waals surface area contributed by atoms with Crippen molar-refractivity contribution in [1.29, 1.82) is 0 Å². The Morgan fingerprint density at radius 2 is 1.96 bits per heavy atom. The highest BCUT2D eigenvalue weighted by atomic mass is 32.2. The summed E-state index contributed by atoms with van der Waals surface area (Å²) in [5.74, 6) is 0.748. The van der Waals surface area contributed by atoms with Crippen molar-refractivity contribution < 1.29 is 13.2 Å². The number of carbonyl (C=O) groups excluding carboxylic acids is 1. The molecule has 5 nitrogen and oxygen atoms in total. The molecular weight excluding hydrogens is 388 g/mol. The number of hydrogen-bond donors (Lipinski definition) is 1. The molecule has 0 unspecified atom stereocenters. The first-order chi connectivity index (χ1) is 12.5. The highest BCUT2D eigenvalue weighted by Gasteiger charge is 2.32. The molecule has 140 valence electrons. The van der Waals surface area contributed by atoms with Crippen molar-refractivity contribution in [3.63, 3.8) is 0 Å². The topological polar surface area (TPSA) is 66.5 Å². The number of thioether (sulfide) groups is 1. The summed E-state index contributed by atoms with van der Waals surface area (Å²) in [4.78, 5) is 13.7. The summed E-state index contributed by atoms with van der Waals surface area (Å²) >= 11 is 2.92. The molecule has 1 saturated heterocycles. The highest BCUT2D eigenvalue weighted by molar-refractivity contribution is 7.99. The van der Waals surface area contributed by atoms with Gasteiger partial charge in [0.1, 0.15) is 4.21 Å². The second kappa shape index (κ2) is 8.56. The second-order valence-corrected chi connectivity index (χ2v) is 10.4. The van der Waals surface area contributed by atoms with Crippen LogP contribution in [0.1, 0.15) is 19.8 Å². The van der Waals surface area contributed by atoms with Crippen molar-refractivity contribution in [3.8, 4) is 0 Å². The summed E-state index contributed by atoms with van der Waals surface area (Å²) in [6.07, 6.45) is 1.08. The van der Waals surface area contributed by atoms with Crippen LogP contribution in [0.3, 0.4) is 0 Å². The number of benzene rings is 1. The number of hydrogen-bond acceptors (Lipinski definition) is 5. The second-order valence-electron chi connectivity index (χ2n) is 6.03. The zero-order chi connectivity index (χ0) is 18.6. The van der Waals surface area contributed by atoms with Crippen molar-refractivity contribution in [2.75, 3.05) is 24.2 Å². The summed E-state index contributed by atoms with van der Waals surface area (Å²) in [7, 11) is -3.42. The van der Waals surface area contributed by atoms with Gasteiger partial charge >= 0.3 is 0 Å². The van der Waals surface area contributed by atoms with Crippen LogP contribution in [0.4, 0.5) is 5.69 Å². The lowest BCUT2D eigenvalue weighted by Crippen LogP contribution is -2.41. The van der Waals surface area contributed by atoms with Crippen molar-refractivity contribution in [2.45, 2.75) is 28.9 Å². The molecule has 26 heavy (non-hydrogen) atoms. The van der Waals surface area contributed by atoms with Gasteiger partial charge in [-0.05, 0) is 42.2 Å². The van der Waals surface area contributed by atoms with Gasteiger partial charge in [0.15, 0.2) is 0 Å². The largest absolute Gasteiger partial charge is 0.325 e. The van der Waals surface area contributed by atoms with Crippen LogP contribution >= 0.6 is 23.1 Å². The Labute approximate surface area is 162 Å². The maximum Gasteiger partial charge on any atom is 0.252 e. The smallest absolute Gasteiger partial charge is 0.252 e. The predicted molar refractivity (Wildman–Crippen MR) is 107 cm³/mol. The lowest BCUT2D eigenvalue weighted by molar-refractivity contribution is -0.120. The Morgan fingerprint density at radius 1 is 1.23 bits per heavy atom. The number of piperidine rings is 1. The lowest BCUT2D eigenvalue weighted by atomic mass is 9.97. The third-order valence-corrected chi connectivity index (χ3v) is 8.59. The Kier molecular flexibility index (Phi) is 6.39. The van der Waals surface area contributed by atoms with Crippen LogP contribution in [0.25, 0.3) is 0 Å². The van der Waals surface area contributed by atoms with Gasteiger partial charge in [0, 0.05) is 23.9 Å². The fourth-order valence-electron chi connectivity index (χ4n) is 2.98. The third-order valence-electron chi connectivity index (χ3n) is 4.36. The number of nitrogens with zero attached hydrogens (tertiary/aromatic N) is 1. The van der Waals surface area contributed by atoms with Gasteiger partial charge in [0.05, 0.1) is 5.69 Å². The number of anilines is 1. The number of para-hydroxylation sites is 1. The van der Waals surface area contributed by atoms with Gasteiger partial charge in [-0.15, -0.1) is 23.1 Å². The molecule has 2 aromatic rings. The summed E-state index contributed by atoms with van der Waals surface area (Å²) in [6.45, 7) is 2.83. The van der Waals surface area contributed by atoms with Crippen LogP contribution in [0.15, 0.2) is 50.9 Å². The first-order valence-electron chi connectivity index (χ1n) is 8.58. The zero-order valence-corrected chi connectivity index (χ0v) is 17.0. The average Bonchev–Trinajstić information content (AvgIpc) is 3.19. The van der Waals surface area contributed by atoms with Crippen molar-refractivity contribution >= 4 is 44.7 Å². The van der Waals surface area contributed by atoms with Crippen LogP contribution in [0.5, 0.6) is 0 Å². The van der Waals surface area contributed by atoms with E-state index in [9.17, 15) is 13.2 Å². The zero-order valence-electron chi connectivity index (χ0n) is 14.6. The standard InChI is InChI=1S/C18H22N2O3S3/c1-2-24-16-7-4-3-6-15(16)19-18(21)14-9-11-20(12-10-14)26(22,23)17-8-5-13-25-17/h3-8,13-14H,2,9-12H2,1H3,(H,19,21). The summed E-state index contributed by atoms with van der Waals surface area (Å²) < 4.78 is 27.0. The van der Waals surface area contributed by atoms with E-state index in [1.54, 1.807) is 29.3 Å². The van der Waals surface area contributed by atoms with Gasteiger partial charge in [0.25, 0.3) is 10.0 Å². The number of nitrogens with one attached hydrogen (secondary N) is 1. The first-order valence-corrected chi connectivity index (χ1v) is 11.9. The fourth-order valence-corrected chi connectivity index (χ4v) is 6.36. The summed E-state index contributed by atoms with van der Waals surface area (Å²) in [6, 6.07) is 11.1. The minimum atomic E-state index is -3.42. The quantitative estimate of drug-likeness (QED) is 0.734. The van der Waals surface area contributed by atoms with Crippen molar-refractivity contribution in [3.05, 3.63) is 41.8 Å². The van der Waals surface area contributed by atoms with E-state index in [2.05, 4.69) is 12.2 Å². The molecule has 0 spiro atoms. The Hall–Kier alpha value is -1.35. The molecule has 1 N–H and O–H groups in total. The van der Waals surface area contributed by atoms with Gasteiger partial charge in [-0.2, -0.15) is 4.31 Å². The van der Waals surface area contributed by atoms with Crippen molar-refractivity contribution in [1.82, 2.24) is 4.31 Å². The van der Waals surface area contributed by atoms with Gasteiger partial charge in [-0.3, -0.25) is 4.79 Å². The van der Waals surface area contributed by atoms with E-state index >= 15 is 0 Å². The lowest BCUT2D eigenvalue weighted by Gasteiger charge is -2.30. The van der Waals surface area contributed by atoms with Crippen LogP contribution in [-0.2, 0) is 14.8 Å². The van der Waals surface area contributed by atoms with Crippen LogP contribution < -0.4 is 5.32 Å². The van der Waals surface area contributed by atoms with Gasteiger partial charge in [0.2, 0.25) is 5.91 Å².